The van der Waals surface area contributed by atoms with Gasteiger partial charge in [0.15, 0.2) is 0 Å². The summed E-state index contributed by atoms with van der Waals surface area (Å²) in [5.41, 5.74) is 1.94. The van der Waals surface area contributed by atoms with Gasteiger partial charge in [-0.3, -0.25) is 4.90 Å². The third kappa shape index (κ3) is 1.80. The lowest BCUT2D eigenvalue weighted by Gasteiger charge is -2.44. The molecule has 2 fully saturated rings. The number of fused-ring (bicyclic) bond motifs is 1. The fourth-order valence-corrected chi connectivity index (χ4v) is 2.92. The van der Waals surface area contributed by atoms with E-state index in [0.29, 0.717) is 5.54 Å². The van der Waals surface area contributed by atoms with Crippen LogP contribution in [-0.4, -0.2) is 23.5 Å². The van der Waals surface area contributed by atoms with E-state index in [4.69, 9.17) is 0 Å². The van der Waals surface area contributed by atoms with Crippen molar-refractivity contribution in [1.29, 1.82) is 0 Å². The lowest BCUT2D eigenvalue weighted by atomic mass is 9.83. The molecule has 2 aliphatic heterocycles. The van der Waals surface area contributed by atoms with Crippen LogP contribution in [-0.2, 0) is 0 Å². The van der Waals surface area contributed by atoms with Crippen molar-refractivity contribution in [3.8, 4) is 0 Å². The van der Waals surface area contributed by atoms with Gasteiger partial charge in [0.1, 0.15) is 0 Å². The average molecular weight is 179 g/mol. The van der Waals surface area contributed by atoms with Crippen molar-refractivity contribution in [3.05, 3.63) is 12.2 Å². The number of rotatable bonds is 0. The van der Waals surface area contributed by atoms with Crippen molar-refractivity contribution in [2.45, 2.75) is 51.0 Å². The van der Waals surface area contributed by atoms with Crippen LogP contribution < -0.4 is 0 Å². The SMILES string of the molecule is C=C1CCN2CCCCCC2(C)C1. The van der Waals surface area contributed by atoms with Gasteiger partial charge in [-0.2, -0.15) is 0 Å². The minimum Gasteiger partial charge on any atom is -0.297 e. The van der Waals surface area contributed by atoms with E-state index in [-0.39, 0.29) is 0 Å². The maximum atomic E-state index is 4.15. The first-order valence-electron chi connectivity index (χ1n) is 5.62. The van der Waals surface area contributed by atoms with Crippen LogP contribution in [0.15, 0.2) is 12.2 Å². The van der Waals surface area contributed by atoms with Crippen LogP contribution in [0.5, 0.6) is 0 Å². The highest BCUT2D eigenvalue weighted by atomic mass is 15.2. The average Bonchev–Trinajstić information content (AvgIpc) is 2.24. The molecule has 0 N–H and O–H groups in total. The Labute approximate surface area is 81.8 Å². The molecule has 0 bridgehead atoms. The smallest absolute Gasteiger partial charge is 0.0218 e. The van der Waals surface area contributed by atoms with E-state index in [0.717, 1.165) is 0 Å². The van der Waals surface area contributed by atoms with Gasteiger partial charge in [-0.1, -0.05) is 25.0 Å². The molecular weight excluding hydrogens is 158 g/mol. The Morgan fingerprint density at radius 3 is 2.92 bits per heavy atom. The van der Waals surface area contributed by atoms with Gasteiger partial charge >= 0.3 is 0 Å². The highest BCUT2D eigenvalue weighted by molar-refractivity contribution is 5.09. The molecule has 1 nitrogen and oxygen atoms in total. The molecule has 0 saturated carbocycles. The van der Waals surface area contributed by atoms with E-state index < -0.39 is 0 Å². The Hall–Kier alpha value is -0.300. The van der Waals surface area contributed by atoms with Crippen LogP contribution >= 0.6 is 0 Å². The minimum absolute atomic E-state index is 0.464. The van der Waals surface area contributed by atoms with Gasteiger partial charge in [-0.15, -0.1) is 0 Å². The van der Waals surface area contributed by atoms with Crippen LogP contribution in [0, 0.1) is 0 Å². The van der Waals surface area contributed by atoms with E-state index in [1.807, 2.05) is 0 Å². The zero-order valence-corrected chi connectivity index (χ0v) is 8.81. The fourth-order valence-electron chi connectivity index (χ4n) is 2.92. The zero-order chi connectivity index (χ0) is 9.31. The number of nitrogens with zero attached hydrogens (tertiary/aromatic N) is 1. The standard InChI is InChI=1S/C12H21N/c1-11-6-9-13-8-5-3-4-7-12(13,2)10-11/h1,3-10H2,2H3. The third-order valence-corrected chi connectivity index (χ3v) is 3.77. The second-order valence-corrected chi connectivity index (χ2v) is 4.97. The Morgan fingerprint density at radius 2 is 2.08 bits per heavy atom. The molecule has 0 amide bonds. The second kappa shape index (κ2) is 3.45. The number of hydrogen-bond donors (Lipinski definition) is 0. The lowest BCUT2D eigenvalue weighted by Crippen LogP contribution is -2.49. The van der Waals surface area contributed by atoms with Gasteiger partial charge in [-0.05, 0) is 39.2 Å². The molecule has 1 unspecified atom stereocenters. The second-order valence-electron chi connectivity index (χ2n) is 4.97. The summed E-state index contributed by atoms with van der Waals surface area (Å²) in [6.07, 6.45) is 8.11. The monoisotopic (exact) mass is 179 g/mol. The molecule has 0 aromatic rings. The molecule has 0 aromatic heterocycles. The summed E-state index contributed by atoms with van der Waals surface area (Å²) in [6, 6.07) is 0. The van der Waals surface area contributed by atoms with E-state index in [9.17, 15) is 0 Å². The summed E-state index contributed by atoms with van der Waals surface area (Å²) in [5, 5.41) is 0. The number of piperidine rings is 1. The number of hydrogen-bond acceptors (Lipinski definition) is 1. The van der Waals surface area contributed by atoms with Gasteiger partial charge in [0.2, 0.25) is 0 Å². The quantitative estimate of drug-likeness (QED) is 0.517. The summed E-state index contributed by atoms with van der Waals surface area (Å²) >= 11 is 0. The Bertz CT molecular complexity index is 209. The van der Waals surface area contributed by atoms with Crippen molar-refractivity contribution in [2.24, 2.45) is 0 Å². The van der Waals surface area contributed by atoms with Crippen molar-refractivity contribution < 1.29 is 0 Å². The van der Waals surface area contributed by atoms with Crippen LogP contribution in [0.4, 0.5) is 0 Å². The first-order valence-corrected chi connectivity index (χ1v) is 5.62. The fraction of sp³-hybridized carbons (Fsp3) is 0.833. The van der Waals surface area contributed by atoms with E-state index in [2.05, 4.69) is 18.4 Å². The highest BCUT2D eigenvalue weighted by Crippen LogP contribution is 2.36. The van der Waals surface area contributed by atoms with E-state index in [1.165, 1.54) is 57.2 Å². The molecule has 0 radical (unpaired) electrons. The summed E-state index contributed by atoms with van der Waals surface area (Å²) in [7, 11) is 0. The molecule has 0 aromatic carbocycles. The highest BCUT2D eigenvalue weighted by Gasteiger charge is 2.35. The summed E-state index contributed by atoms with van der Waals surface area (Å²) in [6.45, 7) is 9.17. The van der Waals surface area contributed by atoms with Crippen LogP contribution in [0.3, 0.4) is 0 Å². The van der Waals surface area contributed by atoms with Crippen molar-refractivity contribution in [3.63, 3.8) is 0 Å². The Kier molecular flexibility index (Phi) is 2.46. The maximum Gasteiger partial charge on any atom is 0.0218 e. The molecule has 2 heterocycles. The molecule has 1 atom stereocenters. The Morgan fingerprint density at radius 1 is 1.23 bits per heavy atom. The van der Waals surface area contributed by atoms with Gasteiger partial charge in [0.25, 0.3) is 0 Å². The molecule has 2 aliphatic rings. The molecule has 2 rings (SSSR count). The molecule has 74 valence electrons. The zero-order valence-electron chi connectivity index (χ0n) is 8.81. The molecule has 1 heteroatoms. The van der Waals surface area contributed by atoms with Gasteiger partial charge in [0.05, 0.1) is 0 Å². The summed E-state index contributed by atoms with van der Waals surface area (Å²) in [5.74, 6) is 0. The molecule has 0 spiro atoms. The van der Waals surface area contributed by atoms with Gasteiger partial charge < -0.3 is 0 Å². The van der Waals surface area contributed by atoms with Crippen molar-refractivity contribution in [1.82, 2.24) is 4.90 Å². The van der Waals surface area contributed by atoms with Gasteiger partial charge in [0, 0.05) is 12.1 Å². The predicted molar refractivity (Wildman–Crippen MR) is 56.8 cm³/mol. The summed E-state index contributed by atoms with van der Waals surface area (Å²) in [4.78, 5) is 2.70. The van der Waals surface area contributed by atoms with E-state index in [1.54, 1.807) is 0 Å². The molecule has 13 heavy (non-hydrogen) atoms. The topological polar surface area (TPSA) is 3.24 Å². The molecule has 0 aliphatic carbocycles. The van der Waals surface area contributed by atoms with Crippen LogP contribution in [0.25, 0.3) is 0 Å². The third-order valence-electron chi connectivity index (χ3n) is 3.77. The first-order chi connectivity index (χ1) is 6.21. The van der Waals surface area contributed by atoms with E-state index >= 15 is 0 Å². The normalized spacial score (nSPS) is 36.8. The van der Waals surface area contributed by atoms with Crippen molar-refractivity contribution >= 4 is 0 Å². The van der Waals surface area contributed by atoms with Crippen LogP contribution in [0.2, 0.25) is 0 Å². The van der Waals surface area contributed by atoms with Crippen LogP contribution in [0.1, 0.15) is 45.4 Å². The lowest BCUT2D eigenvalue weighted by molar-refractivity contribution is 0.0862. The summed E-state index contributed by atoms with van der Waals surface area (Å²) < 4.78 is 0. The first kappa shape index (κ1) is 9.26. The Balaban J connectivity index is 2.13. The maximum absolute atomic E-state index is 4.15. The predicted octanol–water partition coefficient (Wildman–Crippen LogP) is 2.97. The largest absolute Gasteiger partial charge is 0.297 e. The molecular formula is C12H21N. The van der Waals surface area contributed by atoms with Crippen molar-refractivity contribution in [2.75, 3.05) is 13.1 Å². The van der Waals surface area contributed by atoms with Gasteiger partial charge in [-0.25, -0.2) is 0 Å². The minimum atomic E-state index is 0.464. The molecule has 2 saturated heterocycles.